The molecule has 2 atom stereocenters. The molecule has 4 heteroatoms. The fourth-order valence-electron chi connectivity index (χ4n) is 1.29. The zero-order chi connectivity index (χ0) is 11.3. The lowest BCUT2D eigenvalue weighted by Gasteiger charge is -2.21. The van der Waals surface area contributed by atoms with E-state index in [1.165, 1.54) is 6.92 Å². The molecule has 0 saturated carbocycles. The molecule has 2 N–H and O–H groups in total. The van der Waals surface area contributed by atoms with Crippen LogP contribution in [0.4, 0.5) is 0 Å². The number of aliphatic hydroxyl groups is 2. The van der Waals surface area contributed by atoms with E-state index < -0.39 is 24.8 Å². The van der Waals surface area contributed by atoms with E-state index in [0.717, 1.165) is 0 Å². The molecule has 0 bridgehead atoms. The fraction of sp³-hybridized carbons (Fsp3) is 0.364. The monoisotopic (exact) mass is 210 g/mol. The van der Waals surface area contributed by atoms with Gasteiger partial charge in [-0.25, -0.2) is 0 Å². The minimum Gasteiger partial charge on any atom is -0.455 e. The van der Waals surface area contributed by atoms with Crippen LogP contribution in [0.1, 0.15) is 18.6 Å². The summed E-state index contributed by atoms with van der Waals surface area (Å²) < 4.78 is 4.94. The second-order valence-corrected chi connectivity index (χ2v) is 3.19. The molecule has 0 radical (unpaired) electrons. The van der Waals surface area contributed by atoms with Gasteiger partial charge in [0.05, 0.1) is 6.61 Å². The van der Waals surface area contributed by atoms with Crippen LogP contribution in [0.25, 0.3) is 0 Å². The zero-order valence-electron chi connectivity index (χ0n) is 8.46. The van der Waals surface area contributed by atoms with Gasteiger partial charge in [0, 0.05) is 6.92 Å². The molecule has 0 unspecified atom stereocenters. The third-order valence-corrected chi connectivity index (χ3v) is 1.96. The maximum atomic E-state index is 10.8. The average molecular weight is 210 g/mol. The smallest absolute Gasteiger partial charge is 0.303 e. The molecule has 0 aliphatic heterocycles. The fourth-order valence-corrected chi connectivity index (χ4v) is 1.29. The number of esters is 1. The summed E-state index contributed by atoms with van der Waals surface area (Å²) in [6.07, 6.45) is -1.91. The van der Waals surface area contributed by atoms with Crippen LogP contribution >= 0.6 is 0 Å². The molecular formula is C11H14O4. The summed E-state index contributed by atoms with van der Waals surface area (Å²) in [6.45, 7) is 0.812. The number of rotatable bonds is 4. The quantitative estimate of drug-likeness (QED) is 0.716. The number of carbonyl (C=O) groups excluding carboxylic acids is 1. The van der Waals surface area contributed by atoms with Crippen molar-refractivity contribution in [3.8, 4) is 0 Å². The molecule has 1 aromatic rings. The molecular weight excluding hydrogens is 196 g/mol. The Labute approximate surface area is 88.1 Å². The van der Waals surface area contributed by atoms with E-state index in [1.54, 1.807) is 24.3 Å². The molecule has 4 nitrogen and oxygen atoms in total. The van der Waals surface area contributed by atoms with E-state index in [2.05, 4.69) is 0 Å². The van der Waals surface area contributed by atoms with Gasteiger partial charge in [-0.15, -0.1) is 0 Å². The number of hydrogen-bond acceptors (Lipinski definition) is 4. The van der Waals surface area contributed by atoms with Crippen LogP contribution in [0, 0.1) is 0 Å². The van der Waals surface area contributed by atoms with E-state index in [-0.39, 0.29) is 0 Å². The van der Waals surface area contributed by atoms with Gasteiger partial charge in [-0.3, -0.25) is 4.79 Å². The second-order valence-electron chi connectivity index (χ2n) is 3.19. The Morgan fingerprint density at radius 3 is 2.47 bits per heavy atom. The van der Waals surface area contributed by atoms with E-state index in [1.807, 2.05) is 6.07 Å². The van der Waals surface area contributed by atoms with Gasteiger partial charge in [-0.05, 0) is 5.56 Å². The lowest BCUT2D eigenvalue weighted by atomic mass is 10.0. The van der Waals surface area contributed by atoms with Crippen LogP contribution in [0.15, 0.2) is 30.3 Å². The van der Waals surface area contributed by atoms with E-state index >= 15 is 0 Å². The SMILES string of the molecule is CC(=O)O[C@H](c1ccccc1)[C@@H](O)CO. The zero-order valence-corrected chi connectivity index (χ0v) is 8.46. The minimum absolute atomic E-state index is 0.452. The van der Waals surface area contributed by atoms with Crippen LogP contribution in [-0.2, 0) is 9.53 Å². The molecule has 1 rings (SSSR count). The Morgan fingerprint density at radius 1 is 1.40 bits per heavy atom. The number of hydrogen-bond donors (Lipinski definition) is 2. The van der Waals surface area contributed by atoms with Gasteiger partial charge in [0.15, 0.2) is 6.10 Å². The van der Waals surface area contributed by atoms with Gasteiger partial charge in [0.1, 0.15) is 6.10 Å². The summed E-state index contributed by atoms with van der Waals surface area (Å²) in [5.74, 6) is -0.489. The number of benzene rings is 1. The van der Waals surface area contributed by atoms with Crippen molar-refractivity contribution in [1.29, 1.82) is 0 Å². The predicted octanol–water partition coefficient (Wildman–Crippen LogP) is 0.644. The lowest BCUT2D eigenvalue weighted by Crippen LogP contribution is -2.26. The molecule has 0 saturated heterocycles. The highest BCUT2D eigenvalue weighted by molar-refractivity contribution is 5.66. The minimum atomic E-state index is -1.10. The van der Waals surface area contributed by atoms with Crippen molar-refractivity contribution in [1.82, 2.24) is 0 Å². The van der Waals surface area contributed by atoms with Gasteiger partial charge in [-0.1, -0.05) is 30.3 Å². The largest absolute Gasteiger partial charge is 0.455 e. The second kappa shape index (κ2) is 5.48. The van der Waals surface area contributed by atoms with E-state index in [9.17, 15) is 9.90 Å². The molecule has 82 valence electrons. The molecule has 0 amide bonds. The Balaban J connectivity index is 2.86. The predicted molar refractivity (Wildman–Crippen MR) is 54.0 cm³/mol. The molecule has 0 aliphatic rings. The van der Waals surface area contributed by atoms with Crippen molar-refractivity contribution in [3.63, 3.8) is 0 Å². The highest BCUT2D eigenvalue weighted by Gasteiger charge is 2.23. The third-order valence-electron chi connectivity index (χ3n) is 1.96. The van der Waals surface area contributed by atoms with Crippen molar-refractivity contribution in [2.45, 2.75) is 19.1 Å². The van der Waals surface area contributed by atoms with Crippen LogP contribution in [0.2, 0.25) is 0 Å². The van der Waals surface area contributed by atoms with Gasteiger partial charge < -0.3 is 14.9 Å². The number of aliphatic hydroxyl groups excluding tert-OH is 2. The van der Waals surface area contributed by atoms with E-state index in [4.69, 9.17) is 9.84 Å². The maximum Gasteiger partial charge on any atom is 0.303 e. The van der Waals surface area contributed by atoms with Crippen LogP contribution in [0.5, 0.6) is 0 Å². The van der Waals surface area contributed by atoms with Crippen LogP contribution in [-0.4, -0.2) is 28.9 Å². The van der Waals surface area contributed by atoms with Gasteiger partial charge in [-0.2, -0.15) is 0 Å². The highest BCUT2D eigenvalue weighted by atomic mass is 16.6. The summed E-state index contributed by atoms with van der Waals surface area (Å²) in [7, 11) is 0. The summed E-state index contributed by atoms with van der Waals surface area (Å²) in [5.41, 5.74) is 0.661. The van der Waals surface area contributed by atoms with Crippen molar-refractivity contribution < 1.29 is 19.7 Å². The maximum absolute atomic E-state index is 10.8. The first-order valence-corrected chi connectivity index (χ1v) is 4.66. The standard InChI is InChI=1S/C11H14O4/c1-8(13)15-11(10(14)7-12)9-5-3-2-4-6-9/h2-6,10-12,14H,7H2,1H3/t10-,11+/m0/s1. The summed E-state index contributed by atoms with van der Waals surface area (Å²) in [4.78, 5) is 10.8. The Bertz CT molecular complexity index is 310. The van der Waals surface area contributed by atoms with E-state index in [0.29, 0.717) is 5.56 Å². The molecule has 15 heavy (non-hydrogen) atoms. The van der Waals surface area contributed by atoms with Crippen molar-refractivity contribution in [2.75, 3.05) is 6.61 Å². The van der Waals surface area contributed by atoms with Crippen molar-refractivity contribution in [2.24, 2.45) is 0 Å². The summed E-state index contributed by atoms with van der Waals surface area (Å²) >= 11 is 0. The Kier molecular flexibility index (Phi) is 4.27. The number of carbonyl (C=O) groups is 1. The Hall–Kier alpha value is -1.39. The molecule has 0 aliphatic carbocycles. The molecule has 0 aromatic heterocycles. The molecule has 0 spiro atoms. The van der Waals surface area contributed by atoms with Crippen LogP contribution < -0.4 is 0 Å². The van der Waals surface area contributed by atoms with Crippen molar-refractivity contribution in [3.05, 3.63) is 35.9 Å². The average Bonchev–Trinajstić information content (AvgIpc) is 2.26. The van der Waals surface area contributed by atoms with Crippen LogP contribution in [0.3, 0.4) is 0 Å². The molecule has 1 aromatic carbocycles. The summed E-state index contributed by atoms with van der Waals surface area (Å²) in [5, 5.41) is 18.3. The van der Waals surface area contributed by atoms with Gasteiger partial charge in [0.2, 0.25) is 0 Å². The highest BCUT2D eigenvalue weighted by Crippen LogP contribution is 2.21. The first kappa shape index (κ1) is 11.7. The first-order valence-electron chi connectivity index (χ1n) is 4.66. The molecule has 0 heterocycles. The molecule has 0 fully saturated rings. The topological polar surface area (TPSA) is 66.8 Å². The van der Waals surface area contributed by atoms with Gasteiger partial charge in [0.25, 0.3) is 0 Å². The summed E-state index contributed by atoms with van der Waals surface area (Å²) in [6, 6.07) is 8.82. The van der Waals surface area contributed by atoms with Crippen molar-refractivity contribution >= 4 is 5.97 Å². The Morgan fingerprint density at radius 2 is 2.00 bits per heavy atom. The van der Waals surface area contributed by atoms with Gasteiger partial charge >= 0.3 is 5.97 Å². The normalized spacial score (nSPS) is 14.3. The first-order chi connectivity index (χ1) is 7.15. The lowest BCUT2D eigenvalue weighted by molar-refractivity contribution is -0.154. The third kappa shape index (κ3) is 3.34. The number of ether oxygens (including phenoxy) is 1.